The van der Waals surface area contributed by atoms with E-state index in [4.69, 9.17) is 0 Å². The normalized spacial score (nSPS) is 32.5. The third-order valence-electron chi connectivity index (χ3n) is 4.95. The van der Waals surface area contributed by atoms with Crippen LogP contribution < -0.4 is 10.9 Å². The lowest BCUT2D eigenvalue weighted by atomic mass is 9.64. The molecule has 0 radical (unpaired) electrons. The Labute approximate surface area is 113 Å². The predicted octanol–water partition coefficient (Wildman–Crippen LogP) is 1.50. The van der Waals surface area contributed by atoms with Crippen molar-refractivity contribution in [3.05, 3.63) is 33.7 Å². The van der Waals surface area contributed by atoms with Gasteiger partial charge in [0.25, 0.3) is 0 Å². The summed E-state index contributed by atoms with van der Waals surface area (Å²) >= 11 is 0. The Balaban J connectivity index is 1.79. The second-order valence-electron chi connectivity index (χ2n) is 6.49. The zero-order valence-corrected chi connectivity index (χ0v) is 11.6. The van der Waals surface area contributed by atoms with Gasteiger partial charge < -0.3 is 15.4 Å². The summed E-state index contributed by atoms with van der Waals surface area (Å²) in [5, 5.41) is 13.5. The molecule has 1 aromatic heterocycles. The molecule has 4 heteroatoms. The van der Waals surface area contributed by atoms with E-state index in [9.17, 15) is 9.90 Å². The fraction of sp³-hybridized carbons (Fsp3) is 0.667. The average molecular weight is 262 g/mol. The number of nitrogens with one attached hydrogen (secondary N) is 2. The summed E-state index contributed by atoms with van der Waals surface area (Å²) in [6.07, 6.45) is 3.77. The Morgan fingerprint density at radius 1 is 1.42 bits per heavy atom. The van der Waals surface area contributed by atoms with E-state index in [-0.39, 0.29) is 17.1 Å². The van der Waals surface area contributed by atoms with Crippen LogP contribution in [0.4, 0.5) is 0 Å². The van der Waals surface area contributed by atoms with Crippen LogP contribution in [0.1, 0.15) is 50.4 Å². The van der Waals surface area contributed by atoms with Gasteiger partial charge in [0, 0.05) is 29.3 Å². The topological polar surface area (TPSA) is 65.1 Å². The number of aromatic amines is 1. The number of fused-ring (bicyclic) bond motifs is 1. The number of pyridine rings is 1. The van der Waals surface area contributed by atoms with Crippen molar-refractivity contribution in [2.24, 2.45) is 5.41 Å². The number of aromatic nitrogens is 1. The van der Waals surface area contributed by atoms with Crippen molar-refractivity contribution >= 4 is 0 Å². The van der Waals surface area contributed by atoms with E-state index in [2.05, 4.69) is 24.1 Å². The van der Waals surface area contributed by atoms with Crippen molar-refractivity contribution < 1.29 is 5.11 Å². The Kier molecular flexibility index (Phi) is 3.02. The Hall–Kier alpha value is -1.13. The van der Waals surface area contributed by atoms with Crippen LogP contribution >= 0.6 is 0 Å². The second kappa shape index (κ2) is 4.46. The molecule has 0 bridgehead atoms. The zero-order chi connectivity index (χ0) is 13.6. The average Bonchev–Trinajstić information content (AvgIpc) is 2.38. The lowest BCUT2D eigenvalue weighted by Crippen LogP contribution is -2.60. The summed E-state index contributed by atoms with van der Waals surface area (Å²) in [6, 6.07) is 4.22. The molecule has 1 aromatic rings. The number of aliphatic hydroxyl groups is 1. The molecule has 0 amide bonds. The quantitative estimate of drug-likeness (QED) is 0.757. The van der Waals surface area contributed by atoms with E-state index in [0.29, 0.717) is 12.1 Å². The molecule has 2 aliphatic rings. The summed E-state index contributed by atoms with van der Waals surface area (Å²) in [6.45, 7) is 4.21. The number of rotatable bonds is 2. The van der Waals surface area contributed by atoms with E-state index in [1.165, 1.54) is 5.56 Å². The Morgan fingerprint density at radius 2 is 2.21 bits per heavy atom. The highest BCUT2D eigenvalue weighted by atomic mass is 16.3. The van der Waals surface area contributed by atoms with E-state index in [0.717, 1.165) is 31.4 Å². The van der Waals surface area contributed by atoms with Crippen molar-refractivity contribution in [2.75, 3.05) is 0 Å². The summed E-state index contributed by atoms with van der Waals surface area (Å²) in [4.78, 5) is 14.3. The Morgan fingerprint density at radius 3 is 2.89 bits per heavy atom. The number of aliphatic hydroxyl groups excluding tert-OH is 1. The maximum Gasteiger partial charge on any atom is 0.248 e. The van der Waals surface area contributed by atoms with Crippen LogP contribution in [0.2, 0.25) is 0 Å². The molecule has 0 aliphatic heterocycles. The summed E-state index contributed by atoms with van der Waals surface area (Å²) in [7, 11) is 0. The van der Waals surface area contributed by atoms with Crippen molar-refractivity contribution in [2.45, 2.75) is 57.7 Å². The van der Waals surface area contributed by atoms with E-state index >= 15 is 0 Å². The Bertz CT molecular complexity index is 535. The number of hydrogen-bond donors (Lipinski definition) is 3. The molecule has 1 fully saturated rings. The highest BCUT2D eigenvalue weighted by molar-refractivity contribution is 5.26. The van der Waals surface area contributed by atoms with Crippen LogP contribution in [0, 0.1) is 5.41 Å². The van der Waals surface area contributed by atoms with Crippen LogP contribution in [0.3, 0.4) is 0 Å². The molecule has 104 valence electrons. The molecule has 3 unspecified atom stereocenters. The van der Waals surface area contributed by atoms with Crippen molar-refractivity contribution in [3.63, 3.8) is 0 Å². The molecule has 0 aromatic carbocycles. The number of aryl methyl sites for hydroxylation is 1. The first kappa shape index (κ1) is 12.9. The molecule has 0 spiro atoms. The molecule has 3 atom stereocenters. The second-order valence-corrected chi connectivity index (χ2v) is 6.49. The zero-order valence-electron chi connectivity index (χ0n) is 11.6. The molecule has 4 nitrogen and oxygen atoms in total. The van der Waals surface area contributed by atoms with Crippen molar-refractivity contribution in [3.8, 4) is 0 Å². The van der Waals surface area contributed by atoms with Crippen LogP contribution in [0.5, 0.6) is 0 Å². The fourth-order valence-electron chi connectivity index (χ4n) is 3.30. The number of hydrogen-bond acceptors (Lipinski definition) is 3. The van der Waals surface area contributed by atoms with Gasteiger partial charge in [-0.3, -0.25) is 4.79 Å². The van der Waals surface area contributed by atoms with E-state index in [1.807, 2.05) is 6.07 Å². The van der Waals surface area contributed by atoms with Gasteiger partial charge in [0.05, 0.1) is 6.10 Å². The molecular formula is C15H22N2O2. The molecule has 1 heterocycles. The summed E-state index contributed by atoms with van der Waals surface area (Å²) in [5.74, 6) is 0. The van der Waals surface area contributed by atoms with Crippen LogP contribution in [0.15, 0.2) is 16.9 Å². The maximum absolute atomic E-state index is 11.4. The minimum atomic E-state index is -0.205. The first-order chi connectivity index (χ1) is 8.98. The predicted molar refractivity (Wildman–Crippen MR) is 74.1 cm³/mol. The van der Waals surface area contributed by atoms with Crippen molar-refractivity contribution in [1.82, 2.24) is 10.3 Å². The summed E-state index contributed by atoms with van der Waals surface area (Å²) < 4.78 is 0. The molecule has 2 aliphatic carbocycles. The third kappa shape index (κ3) is 2.13. The molecule has 3 rings (SSSR count). The summed E-state index contributed by atoms with van der Waals surface area (Å²) in [5.41, 5.74) is 2.23. The highest BCUT2D eigenvalue weighted by Gasteiger charge is 2.48. The minimum absolute atomic E-state index is 0.0150. The SMILES string of the molecule is CC1(C)C(O)CC1NC1CCCc2[nH]c(=O)ccc21. The van der Waals surface area contributed by atoms with Crippen LogP contribution in [0.25, 0.3) is 0 Å². The van der Waals surface area contributed by atoms with Gasteiger partial charge in [-0.25, -0.2) is 0 Å². The van der Waals surface area contributed by atoms with Gasteiger partial charge in [0.2, 0.25) is 5.56 Å². The number of H-pyrrole nitrogens is 1. The highest BCUT2D eigenvalue weighted by Crippen LogP contribution is 2.42. The first-order valence-corrected chi connectivity index (χ1v) is 7.14. The van der Waals surface area contributed by atoms with Gasteiger partial charge in [-0.05, 0) is 31.2 Å². The van der Waals surface area contributed by atoms with Gasteiger partial charge in [-0.1, -0.05) is 19.9 Å². The van der Waals surface area contributed by atoms with Crippen LogP contribution in [-0.4, -0.2) is 22.2 Å². The third-order valence-corrected chi connectivity index (χ3v) is 4.95. The fourth-order valence-corrected chi connectivity index (χ4v) is 3.30. The van der Waals surface area contributed by atoms with Gasteiger partial charge in [0.1, 0.15) is 0 Å². The standard InChI is InChI=1S/C15H22N2O2/c1-15(2)12(8-13(15)18)16-10-4-3-5-11-9(10)6-7-14(19)17-11/h6-7,10,12-13,16,18H,3-5,8H2,1-2H3,(H,17,19). The first-order valence-electron chi connectivity index (χ1n) is 7.14. The van der Waals surface area contributed by atoms with Crippen molar-refractivity contribution in [1.29, 1.82) is 0 Å². The smallest absolute Gasteiger partial charge is 0.248 e. The van der Waals surface area contributed by atoms with Gasteiger partial charge >= 0.3 is 0 Å². The van der Waals surface area contributed by atoms with Gasteiger partial charge in [-0.15, -0.1) is 0 Å². The largest absolute Gasteiger partial charge is 0.392 e. The van der Waals surface area contributed by atoms with Crippen LogP contribution in [-0.2, 0) is 6.42 Å². The molecule has 19 heavy (non-hydrogen) atoms. The van der Waals surface area contributed by atoms with E-state index < -0.39 is 0 Å². The maximum atomic E-state index is 11.4. The molecular weight excluding hydrogens is 240 g/mol. The molecule has 1 saturated carbocycles. The monoisotopic (exact) mass is 262 g/mol. The lowest BCUT2D eigenvalue weighted by molar-refractivity contribution is -0.0766. The van der Waals surface area contributed by atoms with E-state index in [1.54, 1.807) is 6.07 Å². The van der Waals surface area contributed by atoms with Gasteiger partial charge in [0.15, 0.2) is 0 Å². The lowest BCUT2D eigenvalue weighted by Gasteiger charge is -2.51. The minimum Gasteiger partial charge on any atom is -0.392 e. The molecule has 0 saturated heterocycles. The molecule has 3 N–H and O–H groups in total. The van der Waals surface area contributed by atoms with Gasteiger partial charge in [-0.2, -0.15) is 0 Å².